The molecule has 33 heavy (non-hydrogen) atoms. The van der Waals surface area contributed by atoms with Gasteiger partial charge in [0.25, 0.3) is 0 Å². The van der Waals surface area contributed by atoms with Crippen molar-refractivity contribution in [3.63, 3.8) is 0 Å². The Morgan fingerprint density at radius 1 is 0.909 bits per heavy atom. The number of halogens is 4. The molecule has 0 amide bonds. The van der Waals surface area contributed by atoms with Gasteiger partial charge in [-0.3, -0.25) is 0 Å². The van der Waals surface area contributed by atoms with Crippen LogP contribution in [0.1, 0.15) is 5.82 Å². The second kappa shape index (κ2) is 8.71. The molecule has 1 N–H and O–H groups in total. The van der Waals surface area contributed by atoms with Crippen LogP contribution in [0.4, 0.5) is 23.4 Å². The number of hydrogen-bond acceptors (Lipinski definition) is 6. The van der Waals surface area contributed by atoms with Crippen LogP contribution >= 0.6 is 0 Å². The third kappa shape index (κ3) is 4.98. The molecule has 6 nitrogen and oxygen atoms in total. The molecule has 2 heterocycles. The van der Waals surface area contributed by atoms with Crippen LogP contribution in [0.25, 0.3) is 22.4 Å². The van der Waals surface area contributed by atoms with Crippen molar-refractivity contribution in [2.75, 3.05) is 37.3 Å². The van der Waals surface area contributed by atoms with Crippen LogP contribution in [0.15, 0.2) is 53.4 Å². The van der Waals surface area contributed by atoms with E-state index in [0.29, 0.717) is 37.3 Å². The van der Waals surface area contributed by atoms with Gasteiger partial charge in [-0.2, -0.15) is 13.2 Å². The van der Waals surface area contributed by atoms with Gasteiger partial charge in [0.2, 0.25) is 5.82 Å². The molecule has 1 aliphatic heterocycles. The van der Waals surface area contributed by atoms with Gasteiger partial charge in [-0.25, -0.2) is 22.8 Å². The smallest absolute Gasteiger partial charge is 0.353 e. The van der Waals surface area contributed by atoms with Crippen LogP contribution in [0.5, 0.6) is 0 Å². The predicted molar refractivity (Wildman–Crippen MR) is 116 cm³/mol. The van der Waals surface area contributed by atoms with Crippen molar-refractivity contribution in [1.29, 1.82) is 0 Å². The van der Waals surface area contributed by atoms with Gasteiger partial charge < -0.3 is 10.2 Å². The van der Waals surface area contributed by atoms with Crippen molar-refractivity contribution in [2.24, 2.45) is 0 Å². The van der Waals surface area contributed by atoms with E-state index in [1.54, 1.807) is 4.90 Å². The largest absolute Gasteiger partial charge is 0.451 e. The van der Waals surface area contributed by atoms with E-state index in [-0.39, 0.29) is 22.0 Å². The number of piperazine rings is 1. The van der Waals surface area contributed by atoms with Gasteiger partial charge in [-0.15, -0.1) is 0 Å². The molecule has 1 fully saturated rings. The zero-order valence-electron chi connectivity index (χ0n) is 17.5. The number of nitrogens with zero attached hydrogens (tertiary/aromatic N) is 3. The molecule has 1 aliphatic rings. The van der Waals surface area contributed by atoms with Crippen molar-refractivity contribution in [1.82, 2.24) is 15.3 Å². The molecule has 1 aromatic heterocycles. The lowest BCUT2D eigenvalue weighted by Gasteiger charge is -2.31. The van der Waals surface area contributed by atoms with E-state index in [1.165, 1.54) is 48.5 Å². The van der Waals surface area contributed by atoms with E-state index < -0.39 is 27.7 Å². The summed E-state index contributed by atoms with van der Waals surface area (Å²) in [5.74, 6) is -1.70. The fourth-order valence-corrected chi connectivity index (χ4v) is 4.26. The first-order chi connectivity index (χ1) is 15.5. The van der Waals surface area contributed by atoms with Gasteiger partial charge >= 0.3 is 6.18 Å². The number of sulfone groups is 1. The van der Waals surface area contributed by atoms with Crippen molar-refractivity contribution < 1.29 is 26.0 Å². The number of benzene rings is 2. The zero-order chi connectivity index (χ0) is 23.8. The van der Waals surface area contributed by atoms with Gasteiger partial charge in [-0.1, -0.05) is 24.3 Å². The molecular formula is C22H20F4N4O2S. The Morgan fingerprint density at radius 3 is 2.03 bits per heavy atom. The van der Waals surface area contributed by atoms with Gasteiger partial charge in [0.1, 0.15) is 11.6 Å². The van der Waals surface area contributed by atoms with E-state index in [1.807, 2.05) is 0 Å². The maximum absolute atomic E-state index is 13.8. The lowest BCUT2D eigenvalue weighted by atomic mass is 9.98. The van der Waals surface area contributed by atoms with Crippen molar-refractivity contribution in [3.05, 3.63) is 60.2 Å². The van der Waals surface area contributed by atoms with Gasteiger partial charge in [-0.05, 0) is 29.8 Å². The van der Waals surface area contributed by atoms with E-state index in [4.69, 9.17) is 0 Å². The summed E-state index contributed by atoms with van der Waals surface area (Å²) in [5.41, 5.74) is 1.03. The highest BCUT2D eigenvalue weighted by atomic mass is 32.2. The molecule has 0 radical (unpaired) electrons. The molecule has 0 unspecified atom stereocenters. The zero-order valence-corrected chi connectivity index (χ0v) is 18.3. The first kappa shape index (κ1) is 23.1. The summed E-state index contributed by atoms with van der Waals surface area (Å²) < 4.78 is 78.5. The highest BCUT2D eigenvalue weighted by Crippen LogP contribution is 2.40. The summed E-state index contributed by atoms with van der Waals surface area (Å²) in [5, 5.41) is 3.15. The fourth-order valence-electron chi connectivity index (χ4n) is 3.63. The third-order valence-electron chi connectivity index (χ3n) is 5.25. The van der Waals surface area contributed by atoms with E-state index >= 15 is 0 Å². The Balaban J connectivity index is 2.00. The normalized spacial score (nSPS) is 15.0. The molecule has 0 spiro atoms. The first-order valence-electron chi connectivity index (χ1n) is 10.1. The summed E-state index contributed by atoms with van der Waals surface area (Å²) in [6.07, 6.45) is -3.76. The topological polar surface area (TPSA) is 75.2 Å². The Kier molecular flexibility index (Phi) is 6.10. The molecule has 0 atom stereocenters. The Bertz CT molecular complexity index is 1260. The predicted octanol–water partition coefficient (Wildman–Crippen LogP) is 3.78. The molecule has 174 valence electrons. The molecular weight excluding hydrogens is 460 g/mol. The molecule has 0 bridgehead atoms. The summed E-state index contributed by atoms with van der Waals surface area (Å²) in [4.78, 5) is 9.49. The number of alkyl halides is 3. The van der Waals surface area contributed by atoms with Crippen LogP contribution in [-0.2, 0) is 16.0 Å². The van der Waals surface area contributed by atoms with E-state index in [0.717, 1.165) is 6.26 Å². The number of nitrogens with one attached hydrogen (secondary N) is 1. The number of anilines is 1. The maximum Gasteiger partial charge on any atom is 0.451 e. The summed E-state index contributed by atoms with van der Waals surface area (Å²) in [6, 6.07) is 10.8. The van der Waals surface area contributed by atoms with Gasteiger partial charge in [0, 0.05) is 38.0 Å². The quantitative estimate of drug-likeness (QED) is 0.573. The second-order valence-electron chi connectivity index (χ2n) is 7.63. The summed E-state index contributed by atoms with van der Waals surface area (Å²) in [6.45, 7) is 1.98. The monoisotopic (exact) mass is 480 g/mol. The highest BCUT2D eigenvalue weighted by molar-refractivity contribution is 7.90. The number of rotatable bonds is 4. The van der Waals surface area contributed by atoms with Gasteiger partial charge in [0.15, 0.2) is 9.84 Å². The SMILES string of the molecule is CS(=O)(=O)c1ccc(-c2nc(C(F)(F)F)nc(N3CCNCC3)c2-c2ccc(F)cc2)cc1. The summed E-state index contributed by atoms with van der Waals surface area (Å²) >= 11 is 0. The van der Waals surface area contributed by atoms with Crippen LogP contribution in [0.2, 0.25) is 0 Å². The lowest BCUT2D eigenvalue weighted by molar-refractivity contribution is -0.144. The average molecular weight is 480 g/mol. The Morgan fingerprint density at radius 2 is 1.48 bits per heavy atom. The minimum Gasteiger partial charge on any atom is -0.353 e. The Hall–Kier alpha value is -3.05. The number of aromatic nitrogens is 2. The summed E-state index contributed by atoms with van der Waals surface area (Å²) in [7, 11) is -3.50. The lowest BCUT2D eigenvalue weighted by Crippen LogP contribution is -2.44. The average Bonchev–Trinajstić information content (AvgIpc) is 2.78. The maximum atomic E-state index is 13.8. The minimum atomic E-state index is -4.80. The molecule has 3 aromatic rings. The van der Waals surface area contributed by atoms with Gasteiger partial charge in [0.05, 0.1) is 16.2 Å². The van der Waals surface area contributed by atoms with Crippen molar-refractivity contribution in [3.8, 4) is 22.4 Å². The first-order valence-corrected chi connectivity index (χ1v) is 11.9. The third-order valence-corrected chi connectivity index (χ3v) is 6.38. The highest BCUT2D eigenvalue weighted by Gasteiger charge is 2.37. The molecule has 11 heteroatoms. The molecule has 2 aromatic carbocycles. The molecule has 0 saturated carbocycles. The van der Waals surface area contributed by atoms with Crippen LogP contribution in [-0.4, -0.2) is 50.8 Å². The second-order valence-corrected chi connectivity index (χ2v) is 9.65. The van der Waals surface area contributed by atoms with Crippen LogP contribution < -0.4 is 10.2 Å². The van der Waals surface area contributed by atoms with E-state index in [9.17, 15) is 26.0 Å². The molecule has 0 aliphatic carbocycles. The number of hydrogen-bond donors (Lipinski definition) is 1. The van der Waals surface area contributed by atoms with Crippen molar-refractivity contribution >= 4 is 15.7 Å². The molecule has 1 saturated heterocycles. The van der Waals surface area contributed by atoms with Crippen molar-refractivity contribution in [2.45, 2.75) is 11.1 Å². The minimum absolute atomic E-state index is 0.0162. The molecule has 4 rings (SSSR count). The Labute approximate surface area is 188 Å². The van der Waals surface area contributed by atoms with E-state index in [2.05, 4.69) is 15.3 Å². The van der Waals surface area contributed by atoms with Crippen LogP contribution in [0, 0.1) is 5.82 Å². The standard InChI is InChI=1S/C22H20F4N4O2S/c1-33(31,32)17-8-4-15(5-9-17)19-18(14-2-6-16(23)7-3-14)20(30-12-10-27-11-13-30)29-21(28-19)22(24,25)26/h2-9,27H,10-13H2,1H3. The fraction of sp³-hybridized carbons (Fsp3) is 0.273. The van der Waals surface area contributed by atoms with Crippen LogP contribution in [0.3, 0.4) is 0 Å².